The topological polar surface area (TPSA) is 40.1 Å². The molecule has 2 saturated heterocycles. The molecule has 3 unspecified atom stereocenters. The van der Waals surface area contributed by atoms with Gasteiger partial charge < -0.3 is 15.0 Å². The van der Waals surface area contributed by atoms with E-state index >= 15 is 0 Å². The molecule has 0 aromatic heterocycles. The van der Waals surface area contributed by atoms with Gasteiger partial charge in [-0.3, -0.25) is 9.89 Å². The number of aliphatic imine (C=N–C) groups is 1. The van der Waals surface area contributed by atoms with Crippen molar-refractivity contribution in [2.45, 2.75) is 30.8 Å². The summed E-state index contributed by atoms with van der Waals surface area (Å²) >= 11 is 3.51. The molecule has 3 atom stereocenters. The largest absolute Gasteiger partial charge is 0.379 e. The van der Waals surface area contributed by atoms with Crippen molar-refractivity contribution >= 4 is 21.9 Å². The smallest absolute Gasteiger partial charge is 0.193 e. The Labute approximate surface area is 158 Å². The molecule has 25 heavy (non-hydrogen) atoms. The lowest BCUT2D eigenvalue weighted by molar-refractivity contribution is 0.0195. The number of likely N-dealkylation sites (tertiary alicyclic amines) is 1. The first-order chi connectivity index (χ1) is 12.2. The summed E-state index contributed by atoms with van der Waals surface area (Å²) in [4.78, 5) is 9.56. The van der Waals surface area contributed by atoms with E-state index in [1.807, 2.05) is 7.05 Å². The zero-order valence-corrected chi connectivity index (χ0v) is 16.4. The molecule has 6 heteroatoms. The van der Waals surface area contributed by atoms with Crippen molar-refractivity contribution in [3.63, 3.8) is 0 Å². The molecule has 4 rings (SSSR count). The first-order valence-corrected chi connectivity index (χ1v) is 10.1. The second kappa shape index (κ2) is 7.64. The van der Waals surface area contributed by atoms with Gasteiger partial charge in [0, 0.05) is 55.7 Å². The van der Waals surface area contributed by atoms with E-state index in [0.29, 0.717) is 18.0 Å². The fourth-order valence-electron chi connectivity index (χ4n) is 4.07. The molecule has 136 valence electrons. The molecule has 3 aliphatic rings. The highest BCUT2D eigenvalue weighted by atomic mass is 79.9. The van der Waals surface area contributed by atoms with Crippen LogP contribution in [0.25, 0.3) is 0 Å². The van der Waals surface area contributed by atoms with Crippen LogP contribution in [0, 0.1) is 0 Å². The Morgan fingerprint density at radius 1 is 1.20 bits per heavy atom. The predicted octanol–water partition coefficient (Wildman–Crippen LogP) is 2.29. The standard InChI is InChI=1S/C19H27BrN4O/c1-21-19(22-18-12-17(18)14-2-4-15(20)5-3-14)24-7-6-16(13-24)23-8-10-25-11-9-23/h2-5,16-18H,6-13H2,1H3,(H,21,22). The van der Waals surface area contributed by atoms with E-state index in [9.17, 15) is 0 Å². The van der Waals surface area contributed by atoms with Crippen LogP contribution in [-0.2, 0) is 4.74 Å². The Morgan fingerprint density at radius 3 is 2.68 bits per heavy atom. The van der Waals surface area contributed by atoms with E-state index < -0.39 is 0 Å². The zero-order valence-electron chi connectivity index (χ0n) is 14.8. The van der Waals surface area contributed by atoms with Crippen LogP contribution in [-0.4, -0.2) is 74.3 Å². The van der Waals surface area contributed by atoms with Gasteiger partial charge in [0.15, 0.2) is 5.96 Å². The predicted molar refractivity (Wildman–Crippen MR) is 104 cm³/mol. The summed E-state index contributed by atoms with van der Waals surface area (Å²) in [5, 5.41) is 3.69. The van der Waals surface area contributed by atoms with Crippen molar-refractivity contribution in [1.82, 2.24) is 15.1 Å². The maximum absolute atomic E-state index is 5.48. The van der Waals surface area contributed by atoms with Gasteiger partial charge in [-0.25, -0.2) is 0 Å². The summed E-state index contributed by atoms with van der Waals surface area (Å²) in [5.74, 6) is 1.68. The highest BCUT2D eigenvalue weighted by Gasteiger charge is 2.40. The highest BCUT2D eigenvalue weighted by molar-refractivity contribution is 9.10. The van der Waals surface area contributed by atoms with Crippen LogP contribution in [0.2, 0.25) is 0 Å². The summed E-state index contributed by atoms with van der Waals surface area (Å²) in [6.45, 7) is 6.06. The number of ether oxygens (including phenoxy) is 1. The lowest BCUT2D eigenvalue weighted by atomic mass is 10.1. The average molecular weight is 407 g/mol. The number of guanidine groups is 1. The van der Waals surface area contributed by atoms with Crippen LogP contribution < -0.4 is 5.32 Å². The second-order valence-corrected chi connectivity index (χ2v) is 8.14. The van der Waals surface area contributed by atoms with Crippen LogP contribution in [0.5, 0.6) is 0 Å². The number of hydrogen-bond acceptors (Lipinski definition) is 3. The number of benzene rings is 1. The molecule has 1 saturated carbocycles. The molecule has 1 aromatic rings. The molecule has 2 heterocycles. The molecule has 0 amide bonds. The van der Waals surface area contributed by atoms with Crippen LogP contribution in [0.3, 0.4) is 0 Å². The van der Waals surface area contributed by atoms with E-state index in [1.165, 1.54) is 18.4 Å². The van der Waals surface area contributed by atoms with Crippen molar-refractivity contribution < 1.29 is 4.74 Å². The lowest BCUT2D eigenvalue weighted by Gasteiger charge is -2.32. The zero-order chi connectivity index (χ0) is 17.2. The monoisotopic (exact) mass is 406 g/mol. The quantitative estimate of drug-likeness (QED) is 0.617. The van der Waals surface area contributed by atoms with E-state index in [1.54, 1.807) is 0 Å². The molecule has 3 fully saturated rings. The lowest BCUT2D eigenvalue weighted by Crippen LogP contribution is -2.47. The Bertz CT molecular complexity index is 614. The van der Waals surface area contributed by atoms with E-state index in [2.05, 4.69) is 60.3 Å². The molecule has 0 radical (unpaired) electrons. The number of nitrogens with one attached hydrogen (secondary N) is 1. The molecule has 2 aliphatic heterocycles. The fourth-order valence-corrected chi connectivity index (χ4v) is 4.34. The molecular formula is C19H27BrN4O. The minimum absolute atomic E-state index is 0.516. The maximum atomic E-state index is 5.48. The fraction of sp³-hybridized carbons (Fsp3) is 0.632. The Morgan fingerprint density at radius 2 is 1.96 bits per heavy atom. The summed E-state index contributed by atoms with van der Waals surface area (Å²) < 4.78 is 6.62. The van der Waals surface area contributed by atoms with Gasteiger partial charge in [0.25, 0.3) is 0 Å². The van der Waals surface area contributed by atoms with Crippen molar-refractivity contribution in [3.05, 3.63) is 34.3 Å². The van der Waals surface area contributed by atoms with E-state index in [4.69, 9.17) is 4.74 Å². The number of morpholine rings is 1. The van der Waals surface area contributed by atoms with Gasteiger partial charge in [-0.05, 0) is 30.5 Å². The molecular weight excluding hydrogens is 380 g/mol. The van der Waals surface area contributed by atoms with Crippen molar-refractivity contribution in [3.8, 4) is 0 Å². The normalized spacial score (nSPS) is 30.6. The van der Waals surface area contributed by atoms with Crippen molar-refractivity contribution in [2.24, 2.45) is 4.99 Å². The van der Waals surface area contributed by atoms with Gasteiger partial charge in [-0.15, -0.1) is 0 Å². The summed E-state index contributed by atoms with van der Waals surface area (Å²) in [6.07, 6.45) is 2.42. The minimum atomic E-state index is 0.516. The second-order valence-electron chi connectivity index (χ2n) is 7.23. The third-order valence-corrected chi connectivity index (χ3v) is 6.17. The Kier molecular flexibility index (Phi) is 5.29. The van der Waals surface area contributed by atoms with Crippen LogP contribution >= 0.6 is 15.9 Å². The maximum Gasteiger partial charge on any atom is 0.193 e. The molecule has 0 spiro atoms. The summed E-state index contributed by atoms with van der Waals surface area (Å²) in [7, 11) is 1.90. The van der Waals surface area contributed by atoms with Crippen LogP contribution in [0.1, 0.15) is 24.3 Å². The number of hydrogen-bond donors (Lipinski definition) is 1. The number of nitrogens with zero attached hydrogens (tertiary/aromatic N) is 3. The third kappa shape index (κ3) is 4.01. The van der Waals surface area contributed by atoms with Crippen molar-refractivity contribution in [1.29, 1.82) is 0 Å². The summed E-state index contributed by atoms with van der Waals surface area (Å²) in [5.41, 5.74) is 1.42. The highest BCUT2D eigenvalue weighted by Crippen LogP contribution is 2.41. The van der Waals surface area contributed by atoms with Gasteiger partial charge >= 0.3 is 0 Å². The van der Waals surface area contributed by atoms with Gasteiger partial charge in [-0.2, -0.15) is 0 Å². The van der Waals surface area contributed by atoms with Crippen molar-refractivity contribution in [2.75, 3.05) is 46.4 Å². The number of rotatable bonds is 3. The number of halogens is 1. The van der Waals surface area contributed by atoms with Gasteiger partial charge in [0.1, 0.15) is 0 Å². The van der Waals surface area contributed by atoms with Gasteiger partial charge in [-0.1, -0.05) is 28.1 Å². The molecule has 1 aliphatic carbocycles. The minimum Gasteiger partial charge on any atom is -0.379 e. The van der Waals surface area contributed by atoms with E-state index in [-0.39, 0.29) is 0 Å². The first-order valence-electron chi connectivity index (χ1n) is 9.30. The molecule has 1 aromatic carbocycles. The molecule has 0 bridgehead atoms. The van der Waals surface area contributed by atoms with Gasteiger partial charge in [0.05, 0.1) is 13.2 Å². The average Bonchev–Trinajstić information content (AvgIpc) is 3.24. The Hall–Kier alpha value is -1.11. The molecule has 5 nitrogen and oxygen atoms in total. The summed E-state index contributed by atoms with van der Waals surface area (Å²) in [6, 6.07) is 9.87. The third-order valence-electron chi connectivity index (χ3n) is 5.64. The SMILES string of the molecule is CN=C(NC1CC1c1ccc(Br)cc1)N1CCC(N2CCOCC2)C1. The van der Waals surface area contributed by atoms with Crippen LogP contribution in [0.4, 0.5) is 0 Å². The molecule has 1 N–H and O–H groups in total. The van der Waals surface area contributed by atoms with E-state index in [0.717, 1.165) is 49.8 Å². The van der Waals surface area contributed by atoms with Crippen LogP contribution in [0.15, 0.2) is 33.7 Å². The Balaban J connectivity index is 1.31. The first kappa shape index (κ1) is 17.3. The van der Waals surface area contributed by atoms with Gasteiger partial charge in [0.2, 0.25) is 0 Å².